The lowest BCUT2D eigenvalue weighted by Gasteiger charge is -2.38. The zero-order valence-corrected chi connectivity index (χ0v) is 11.3. The minimum Gasteiger partial charge on any atom is -0.469 e. The van der Waals surface area contributed by atoms with Crippen LogP contribution in [0.5, 0.6) is 0 Å². The molecule has 1 aromatic heterocycles. The van der Waals surface area contributed by atoms with Crippen molar-refractivity contribution in [1.29, 1.82) is 0 Å². The van der Waals surface area contributed by atoms with E-state index in [4.69, 9.17) is 0 Å². The number of methoxy groups -OCH3 is 1. The highest BCUT2D eigenvalue weighted by molar-refractivity contribution is 14.1. The van der Waals surface area contributed by atoms with Crippen molar-refractivity contribution in [2.24, 2.45) is 5.92 Å². The van der Waals surface area contributed by atoms with Crippen LogP contribution in [0.2, 0.25) is 0 Å². The van der Waals surface area contributed by atoms with Crippen molar-refractivity contribution in [2.75, 3.05) is 25.1 Å². The van der Waals surface area contributed by atoms with E-state index < -0.39 is 0 Å². The number of ether oxygens (including phenoxy) is 1. The van der Waals surface area contributed by atoms with Gasteiger partial charge in [-0.1, -0.05) is 0 Å². The molecule has 1 fully saturated rings. The molecule has 0 bridgehead atoms. The molecule has 16 heavy (non-hydrogen) atoms. The fraction of sp³-hybridized carbons (Fsp3) is 0.500. The number of hydrogen-bond acceptors (Lipinski definition) is 5. The first-order chi connectivity index (χ1) is 7.60. The highest BCUT2D eigenvalue weighted by atomic mass is 127. The van der Waals surface area contributed by atoms with Crippen molar-refractivity contribution in [3.8, 4) is 0 Å². The summed E-state index contributed by atoms with van der Waals surface area (Å²) in [7, 11) is 1.42. The van der Waals surface area contributed by atoms with Crippen LogP contribution in [-0.2, 0) is 9.53 Å². The van der Waals surface area contributed by atoms with Crippen molar-refractivity contribution in [3.05, 3.63) is 15.6 Å². The fourth-order valence-electron chi connectivity index (χ4n) is 1.66. The molecule has 0 aromatic carbocycles. The molecule has 0 atom stereocenters. The lowest BCUT2D eigenvalue weighted by Crippen LogP contribution is -2.51. The fourth-order valence-corrected chi connectivity index (χ4v) is 2.29. The quantitative estimate of drug-likeness (QED) is 0.459. The number of carbonyl (C=O) groups is 1. The number of halogens is 1. The molecule has 5 nitrogen and oxygen atoms in total. The lowest BCUT2D eigenvalue weighted by molar-refractivity contribution is -0.146. The molecular formula is C10H12IN3O2. The first kappa shape index (κ1) is 11.6. The third kappa shape index (κ3) is 2.26. The number of carbonyl (C=O) groups excluding carboxylic acids is 1. The number of rotatable bonds is 2. The van der Waals surface area contributed by atoms with Gasteiger partial charge in [0.2, 0.25) is 0 Å². The minimum absolute atomic E-state index is 0.0158. The summed E-state index contributed by atoms with van der Waals surface area (Å²) in [5, 5.41) is 0. The van der Waals surface area contributed by atoms with Crippen LogP contribution in [0.25, 0.3) is 0 Å². The third-order valence-electron chi connectivity index (χ3n) is 2.53. The van der Waals surface area contributed by atoms with Crippen LogP contribution in [0.15, 0.2) is 6.07 Å². The average Bonchev–Trinajstić information content (AvgIpc) is 2.13. The third-order valence-corrected chi connectivity index (χ3v) is 3.09. The van der Waals surface area contributed by atoms with Gasteiger partial charge in [-0.2, -0.15) is 0 Å². The van der Waals surface area contributed by atoms with E-state index in [1.807, 2.05) is 13.0 Å². The molecule has 0 aliphatic carbocycles. The van der Waals surface area contributed by atoms with Crippen molar-refractivity contribution in [3.63, 3.8) is 0 Å². The van der Waals surface area contributed by atoms with E-state index in [0.717, 1.165) is 15.3 Å². The molecule has 0 N–H and O–H groups in total. The topological polar surface area (TPSA) is 55.3 Å². The van der Waals surface area contributed by atoms with Crippen molar-refractivity contribution in [2.45, 2.75) is 6.92 Å². The first-order valence-corrected chi connectivity index (χ1v) is 6.02. The highest BCUT2D eigenvalue weighted by Gasteiger charge is 2.34. The zero-order chi connectivity index (χ0) is 11.7. The first-order valence-electron chi connectivity index (χ1n) is 4.94. The number of esters is 1. The maximum absolute atomic E-state index is 11.2. The lowest BCUT2D eigenvalue weighted by atomic mass is 10.0. The molecule has 6 heteroatoms. The van der Waals surface area contributed by atoms with Gasteiger partial charge in [-0.3, -0.25) is 4.79 Å². The Hall–Kier alpha value is -0.920. The SMILES string of the molecule is COC(=O)C1CN(c2cc(I)nc(C)n2)C1. The molecule has 86 valence electrons. The predicted molar refractivity (Wildman–Crippen MR) is 67.2 cm³/mol. The van der Waals surface area contributed by atoms with Gasteiger partial charge in [0.05, 0.1) is 13.0 Å². The molecule has 1 aliphatic heterocycles. The Bertz CT molecular complexity index is 398. The molecule has 0 unspecified atom stereocenters. The Balaban J connectivity index is 2.04. The molecule has 1 aromatic rings. The summed E-state index contributed by atoms with van der Waals surface area (Å²) in [6.07, 6.45) is 0. The van der Waals surface area contributed by atoms with Crippen molar-refractivity contribution < 1.29 is 9.53 Å². The summed E-state index contributed by atoms with van der Waals surface area (Å²) in [6.45, 7) is 3.22. The van der Waals surface area contributed by atoms with Gasteiger partial charge in [-0.25, -0.2) is 9.97 Å². The number of anilines is 1. The molecule has 0 radical (unpaired) electrons. The molecular weight excluding hydrogens is 321 g/mol. The Morgan fingerprint density at radius 2 is 2.25 bits per heavy atom. The van der Waals surface area contributed by atoms with Crippen molar-refractivity contribution >= 4 is 34.4 Å². The Morgan fingerprint density at radius 3 is 2.81 bits per heavy atom. The summed E-state index contributed by atoms with van der Waals surface area (Å²) in [6, 6.07) is 1.92. The van der Waals surface area contributed by atoms with E-state index in [2.05, 4.69) is 42.2 Å². The van der Waals surface area contributed by atoms with Crippen LogP contribution in [-0.4, -0.2) is 36.1 Å². The summed E-state index contributed by atoms with van der Waals surface area (Å²) in [5.74, 6) is 1.48. The van der Waals surface area contributed by atoms with E-state index in [0.29, 0.717) is 13.1 Å². The van der Waals surface area contributed by atoms with Gasteiger partial charge in [-0.15, -0.1) is 0 Å². The normalized spacial score (nSPS) is 15.8. The summed E-state index contributed by atoms with van der Waals surface area (Å²) in [5.41, 5.74) is 0. The second kappa shape index (κ2) is 4.52. The highest BCUT2D eigenvalue weighted by Crippen LogP contribution is 2.24. The van der Waals surface area contributed by atoms with E-state index in [9.17, 15) is 4.79 Å². The van der Waals surface area contributed by atoms with E-state index in [1.165, 1.54) is 7.11 Å². The minimum atomic E-state index is -0.142. The summed E-state index contributed by atoms with van der Waals surface area (Å²) < 4.78 is 5.60. The summed E-state index contributed by atoms with van der Waals surface area (Å²) in [4.78, 5) is 21.8. The second-order valence-corrected chi connectivity index (χ2v) is 4.83. The van der Waals surface area contributed by atoms with Gasteiger partial charge in [0, 0.05) is 19.2 Å². The maximum atomic E-state index is 11.2. The van der Waals surface area contributed by atoms with Crippen LogP contribution in [0, 0.1) is 16.5 Å². The Labute approximate surface area is 107 Å². The molecule has 1 aliphatic rings. The van der Waals surface area contributed by atoms with Gasteiger partial charge >= 0.3 is 5.97 Å². The monoisotopic (exact) mass is 333 g/mol. The van der Waals surface area contributed by atoms with Crippen molar-refractivity contribution in [1.82, 2.24) is 9.97 Å². The molecule has 1 saturated heterocycles. The maximum Gasteiger partial charge on any atom is 0.312 e. The van der Waals surface area contributed by atoms with Crippen LogP contribution < -0.4 is 4.90 Å². The molecule has 2 rings (SSSR count). The van der Waals surface area contributed by atoms with Crippen LogP contribution in [0.1, 0.15) is 5.82 Å². The van der Waals surface area contributed by atoms with Gasteiger partial charge < -0.3 is 9.64 Å². The van der Waals surface area contributed by atoms with Gasteiger partial charge in [0.25, 0.3) is 0 Å². The molecule has 0 spiro atoms. The summed E-state index contributed by atoms with van der Waals surface area (Å²) >= 11 is 2.16. The van der Waals surface area contributed by atoms with Crippen LogP contribution >= 0.6 is 22.6 Å². The number of aryl methyl sites for hydroxylation is 1. The number of hydrogen-bond donors (Lipinski definition) is 0. The smallest absolute Gasteiger partial charge is 0.312 e. The second-order valence-electron chi connectivity index (χ2n) is 3.72. The predicted octanol–water partition coefficient (Wildman–Crippen LogP) is 0.999. The Kier molecular flexibility index (Phi) is 3.27. The standard InChI is InChI=1S/C10H12IN3O2/c1-6-12-8(11)3-9(13-6)14-4-7(5-14)10(15)16-2/h3,7H,4-5H2,1-2H3. The molecule has 2 heterocycles. The number of nitrogens with zero attached hydrogens (tertiary/aromatic N) is 3. The Morgan fingerprint density at radius 1 is 1.56 bits per heavy atom. The van der Waals surface area contributed by atoms with E-state index >= 15 is 0 Å². The van der Waals surface area contributed by atoms with Gasteiger partial charge in [-0.05, 0) is 29.5 Å². The molecule has 0 amide bonds. The largest absolute Gasteiger partial charge is 0.469 e. The molecule has 0 saturated carbocycles. The van der Waals surface area contributed by atoms with Gasteiger partial charge in [0.15, 0.2) is 0 Å². The van der Waals surface area contributed by atoms with Gasteiger partial charge in [0.1, 0.15) is 15.3 Å². The van der Waals surface area contributed by atoms with E-state index in [-0.39, 0.29) is 11.9 Å². The average molecular weight is 333 g/mol. The number of aromatic nitrogens is 2. The van der Waals surface area contributed by atoms with E-state index in [1.54, 1.807) is 0 Å². The van der Waals surface area contributed by atoms with Crippen LogP contribution in [0.3, 0.4) is 0 Å². The zero-order valence-electron chi connectivity index (χ0n) is 9.11. The van der Waals surface area contributed by atoms with Crippen LogP contribution in [0.4, 0.5) is 5.82 Å².